The van der Waals surface area contributed by atoms with Gasteiger partial charge in [0, 0.05) is 12.8 Å². The maximum Gasteiger partial charge on any atom is 0.305 e. The molecular weight excluding hydrogens is 959 g/mol. The molecule has 464 valence electrons. The Morgan fingerprint density at radius 3 is 0.949 bits per heavy atom. The number of allylic oxidation sites excluding steroid dienone is 2. The van der Waals surface area contributed by atoms with E-state index >= 15 is 0 Å². The van der Waals surface area contributed by atoms with Crippen LogP contribution in [0.1, 0.15) is 412 Å². The van der Waals surface area contributed by atoms with E-state index in [1.807, 2.05) is 0 Å². The molecule has 0 spiro atoms. The van der Waals surface area contributed by atoms with Crippen molar-refractivity contribution in [1.82, 2.24) is 5.32 Å². The third-order valence-electron chi connectivity index (χ3n) is 17.1. The van der Waals surface area contributed by atoms with E-state index in [1.165, 1.54) is 334 Å². The van der Waals surface area contributed by atoms with Crippen molar-refractivity contribution in [3.8, 4) is 0 Å². The standard InChI is InChI=1S/C72H141NO5/c1-3-5-7-9-11-13-15-41-45-48-52-56-60-64-70(75)69(68-74)73-71(76)65-61-57-53-49-46-42-39-37-35-33-31-29-27-25-23-21-19-17-16-18-20-22-24-26-28-30-32-34-36-38-40-43-47-51-55-59-63-67-78-72(77)66-62-58-54-50-44-14-12-10-8-6-4-2/h10,12,69-70,74-75H,3-9,11,13-68H2,1-2H3,(H,73,76)/b12-10-. The van der Waals surface area contributed by atoms with Crippen molar-refractivity contribution < 1.29 is 24.5 Å². The largest absolute Gasteiger partial charge is 0.466 e. The Bertz CT molecular complexity index is 1180. The van der Waals surface area contributed by atoms with Gasteiger partial charge in [0.15, 0.2) is 0 Å². The average molecular weight is 1100 g/mol. The summed E-state index contributed by atoms with van der Waals surface area (Å²) in [5.74, 6) is -0.0138. The SMILES string of the molecule is CCCC/C=C\CCCCCCCC(=O)OCCCCCCCCCCCCCCCCCCCCCCCCCCCCCCCCCCCCCCCC(=O)NC(CO)C(O)CCCCCCCCCCCCCCC. The van der Waals surface area contributed by atoms with Gasteiger partial charge in [0.05, 0.1) is 25.4 Å². The van der Waals surface area contributed by atoms with Crippen molar-refractivity contribution >= 4 is 11.9 Å². The van der Waals surface area contributed by atoms with Crippen molar-refractivity contribution in [2.75, 3.05) is 13.2 Å². The van der Waals surface area contributed by atoms with Gasteiger partial charge in [-0.15, -0.1) is 0 Å². The second-order valence-corrected chi connectivity index (χ2v) is 24.9. The maximum absolute atomic E-state index is 12.5. The fourth-order valence-corrected chi connectivity index (χ4v) is 11.6. The second-order valence-electron chi connectivity index (χ2n) is 24.9. The van der Waals surface area contributed by atoms with Crippen LogP contribution < -0.4 is 5.32 Å². The number of ether oxygens (including phenoxy) is 1. The fourth-order valence-electron chi connectivity index (χ4n) is 11.6. The molecule has 2 unspecified atom stereocenters. The van der Waals surface area contributed by atoms with Gasteiger partial charge in [-0.05, 0) is 44.9 Å². The Labute approximate surface area is 489 Å². The lowest BCUT2D eigenvalue weighted by atomic mass is 10.0. The number of carbonyl (C=O) groups is 2. The molecular formula is C72H141NO5. The summed E-state index contributed by atoms with van der Waals surface area (Å²) in [5.41, 5.74) is 0. The van der Waals surface area contributed by atoms with Crippen LogP contribution in [0.5, 0.6) is 0 Å². The first-order valence-corrected chi connectivity index (χ1v) is 35.9. The summed E-state index contributed by atoms with van der Waals surface area (Å²) in [6, 6.07) is -0.535. The third kappa shape index (κ3) is 63.8. The number of unbranched alkanes of at least 4 members (excludes halogenated alkanes) is 55. The van der Waals surface area contributed by atoms with Gasteiger partial charge in [0.1, 0.15) is 0 Å². The van der Waals surface area contributed by atoms with E-state index in [4.69, 9.17) is 4.74 Å². The number of nitrogens with one attached hydrogen (secondary N) is 1. The van der Waals surface area contributed by atoms with Crippen LogP contribution >= 0.6 is 0 Å². The number of hydrogen-bond acceptors (Lipinski definition) is 5. The molecule has 6 heteroatoms. The van der Waals surface area contributed by atoms with E-state index in [9.17, 15) is 19.8 Å². The molecule has 6 nitrogen and oxygen atoms in total. The van der Waals surface area contributed by atoms with E-state index in [0.29, 0.717) is 25.9 Å². The molecule has 0 bridgehead atoms. The number of aliphatic hydroxyl groups excluding tert-OH is 2. The second kappa shape index (κ2) is 68.1. The monoisotopic (exact) mass is 1100 g/mol. The molecule has 0 aliphatic carbocycles. The smallest absolute Gasteiger partial charge is 0.305 e. The van der Waals surface area contributed by atoms with Crippen LogP contribution in [-0.4, -0.2) is 47.4 Å². The molecule has 1 amide bonds. The maximum atomic E-state index is 12.5. The highest BCUT2D eigenvalue weighted by molar-refractivity contribution is 5.76. The van der Waals surface area contributed by atoms with E-state index < -0.39 is 12.1 Å². The minimum atomic E-state index is -0.658. The number of carbonyl (C=O) groups excluding carboxylic acids is 2. The van der Waals surface area contributed by atoms with Gasteiger partial charge in [0.2, 0.25) is 5.91 Å². The lowest BCUT2D eigenvalue weighted by Crippen LogP contribution is -2.45. The first-order valence-electron chi connectivity index (χ1n) is 35.9. The Morgan fingerprint density at radius 1 is 0.346 bits per heavy atom. The molecule has 0 aromatic rings. The number of amides is 1. The van der Waals surface area contributed by atoms with Crippen LogP contribution in [0.4, 0.5) is 0 Å². The van der Waals surface area contributed by atoms with Crippen LogP contribution in [0, 0.1) is 0 Å². The molecule has 0 fully saturated rings. The molecule has 78 heavy (non-hydrogen) atoms. The molecule has 0 saturated heterocycles. The predicted octanol–water partition coefficient (Wildman–Crippen LogP) is 23.1. The zero-order valence-electron chi connectivity index (χ0n) is 53.2. The zero-order valence-corrected chi connectivity index (χ0v) is 53.2. The van der Waals surface area contributed by atoms with Gasteiger partial charge in [-0.1, -0.05) is 366 Å². The van der Waals surface area contributed by atoms with Gasteiger partial charge >= 0.3 is 5.97 Å². The Hall–Kier alpha value is -1.40. The molecule has 0 aliphatic rings. The molecule has 0 radical (unpaired) electrons. The van der Waals surface area contributed by atoms with E-state index in [0.717, 1.165) is 44.9 Å². The number of rotatable bonds is 68. The first kappa shape index (κ1) is 76.6. The lowest BCUT2D eigenvalue weighted by molar-refractivity contribution is -0.143. The Morgan fingerprint density at radius 2 is 0.615 bits per heavy atom. The Balaban J connectivity index is 3.28. The van der Waals surface area contributed by atoms with Crippen LogP contribution in [-0.2, 0) is 14.3 Å². The summed E-state index contributed by atoms with van der Waals surface area (Å²) in [7, 11) is 0. The van der Waals surface area contributed by atoms with Gasteiger partial charge in [-0.25, -0.2) is 0 Å². The lowest BCUT2D eigenvalue weighted by Gasteiger charge is -2.22. The highest BCUT2D eigenvalue weighted by Gasteiger charge is 2.20. The quantitative estimate of drug-likeness (QED) is 0.0320. The van der Waals surface area contributed by atoms with Crippen molar-refractivity contribution in [3.05, 3.63) is 12.2 Å². The Kier molecular flexibility index (Phi) is 66.9. The number of hydrogen-bond donors (Lipinski definition) is 3. The van der Waals surface area contributed by atoms with E-state index in [-0.39, 0.29) is 18.5 Å². The van der Waals surface area contributed by atoms with Crippen LogP contribution in [0.15, 0.2) is 12.2 Å². The summed E-state index contributed by atoms with van der Waals surface area (Å²) in [6.45, 7) is 4.95. The molecule has 0 heterocycles. The molecule has 0 rings (SSSR count). The van der Waals surface area contributed by atoms with Gasteiger partial charge in [0.25, 0.3) is 0 Å². The average Bonchev–Trinajstić information content (AvgIpc) is 3.44. The van der Waals surface area contributed by atoms with Crippen molar-refractivity contribution in [2.45, 2.75) is 424 Å². The topological polar surface area (TPSA) is 95.9 Å². The molecule has 2 atom stereocenters. The number of esters is 1. The fraction of sp³-hybridized carbons (Fsp3) is 0.944. The highest BCUT2D eigenvalue weighted by Crippen LogP contribution is 2.20. The van der Waals surface area contributed by atoms with E-state index in [2.05, 4.69) is 31.3 Å². The van der Waals surface area contributed by atoms with Crippen molar-refractivity contribution in [3.63, 3.8) is 0 Å². The highest BCUT2D eigenvalue weighted by atomic mass is 16.5. The first-order chi connectivity index (χ1) is 38.5. The van der Waals surface area contributed by atoms with Crippen LogP contribution in [0.25, 0.3) is 0 Å². The summed E-state index contributed by atoms with van der Waals surface area (Å²) in [4.78, 5) is 24.5. The summed E-state index contributed by atoms with van der Waals surface area (Å²) < 4.78 is 5.47. The van der Waals surface area contributed by atoms with Crippen molar-refractivity contribution in [2.24, 2.45) is 0 Å². The summed E-state index contributed by atoms with van der Waals surface area (Å²) >= 11 is 0. The third-order valence-corrected chi connectivity index (χ3v) is 17.1. The predicted molar refractivity (Wildman–Crippen MR) is 343 cm³/mol. The minimum absolute atomic E-state index is 0.0128. The van der Waals surface area contributed by atoms with E-state index in [1.54, 1.807) is 0 Å². The molecule has 0 aliphatic heterocycles. The molecule has 0 saturated carbocycles. The zero-order chi connectivity index (χ0) is 56.4. The van der Waals surface area contributed by atoms with Crippen LogP contribution in [0.3, 0.4) is 0 Å². The number of aliphatic hydroxyl groups is 2. The van der Waals surface area contributed by atoms with Gasteiger partial charge in [-0.2, -0.15) is 0 Å². The molecule has 0 aromatic carbocycles. The van der Waals surface area contributed by atoms with Gasteiger partial charge < -0.3 is 20.3 Å². The van der Waals surface area contributed by atoms with Crippen LogP contribution in [0.2, 0.25) is 0 Å². The molecule has 3 N–H and O–H groups in total. The summed E-state index contributed by atoms with van der Waals surface area (Å²) in [5, 5.41) is 23.3. The summed E-state index contributed by atoms with van der Waals surface area (Å²) in [6.07, 6.45) is 84.3. The molecule has 0 aromatic heterocycles. The van der Waals surface area contributed by atoms with Crippen molar-refractivity contribution in [1.29, 1.82) is 0 Å². The van der Waals surface area contributed by atoms with Gasteiger partial charge in [-0.3, -0.25) is 9.59 Å². The minimum Gasteiger partial charge on any atom is -0.466 e. The normalized spacial score (nSPS) is 12.5.